The van der Waals surface area contributed by atoms with E-state index in [2.05, 4.69) is 345 Å². The molecule has 0 bridgehead atoms. The van der Waals surface area contributed by atoms with E-state index in [1.807, 2.05) is 14.1 Å². The third-order valence-electron chi connectivity index (χ3n) is 26.6. The van der Waals surface area contributed by atoms with Crippen molar-refractivity contribution in [3.05, 3.63) is 103 Å². The molecular weight excluding hydrogens is 2190 g/mol. The number of hydrogen-bond acceptors (Lipinski definition) is 32. The molecule has 32 heteroatoms. The van der Waals surface area contributed by atoms with Crippen molar-refractivity contribution in [2.24, 2.45) is 48.7 Å². The summed E-state index contributed by atoms with van der Waals surface area (Å²) in [4.78, 5) is 20.1. The molecule has 14 nitrogen and oxygen atoms in total. The number of nitrogens with zero attached hydrogens (tertiary/aromatic N) is 9. The highest BCUT2D eigenvalue weighted by atomic mass is 32.1. The van der Waals surface area contributed by atoms with Crippen molar-refractivity contribution in [2.45, 2.75) is 351 Å². The van der Waals surface area contributed by atoms with Crippen molar-refractivity contribution < 1.29 is 0 Å². The van der Waals surface area contributed by atoms with Crippen molar-refractivity contribution in [1.82, 2.24) is 0 Å². The van der Waals surface area contributed by atoms with E-state index in [1.54, 1.807) is 0 Å². The highest BCUT2D eigenvalue weighted by molar-refractivity contribution is 7.76. The van der Waals surface area contributed by atoms with Crippen LogP contribution in [0.25, 0.3) is 0 Å². The van der Waals surface area contributed by atoms with Gasteiger partial charge in [-0.3, -0.25) is 0 Å². The van der Waals surface area contributed by atoms with Crippen LogP contribution in [0, 0.1) is 130 Å². The van der Waals surface area contributed by atoms with E-state index < -0.39 is 0 Å². The first kappa shape index (κ1) is 144. The summed E-state index contributed by atoms with van der Waals surface area (Å²) < 4.78 is 15.1. The van der Waals surface area contributed by atoms with Crippen molar-refractivity contribution in [3.63, 3.8) is 0 Å². The zero-order chi connectivity index (χ0) is 117. The van der Waals surface area contributed by atoms with Crippen LogP contribution in [-0.2, 0) is 25.7 Å². The van der Waals surface area contributed by atoms with Crippen LogP contribution < -0.4 is 71.5 Å². The largest absolute Gasteiger partial charge is 0.397 e. The van der Waals surface area contributed by atoms with Crippen molar-refractivity contribution in [2.75, 3.05) is 213 Å². The Morgan fingerprint density at radius 1 is 0.200 bits per heavy atom. The molecule has 0 spiro atoms. The molecule has 0 unspecified atom stereocenters. The average Bonchev–Trinajstić information content (AvgIpc) is 0.734. The third-order valence-corrected chi connectivity index (χ3v) is 35.2. The van der Waals surface area contributed by atoms with E-state index in [9.17, 15) is 0 Å². The van der Waals surface area contributed by atoms with Gasteiger partial charge in [-0.25, -0.2) is 0 Å². The number of nitrogen functional groups attached to an aromatic ring is 2. The summed E-state index contributed by atoms with van der Waals surface area (Å²) in [6.45, 7) is 90.9. The van der Waals surface area contributed by atoms with Crippen LogP contribution in [0.1, 0.15) is 348 Å². The van der Waals surface area contributed by atoms with E-state index in [0.717, 1.165) is 278 Å². The van der Waals surface area contributed by atoms with Gasteiger partial charge in [-0.1, -0.05) is 407 Å². The van der Waals surface area contributed by atoms with Crippen LogP contribution in [0.5, 0.6) is 0 Å². The van der Waals surface area contributed by atoms with Crippen LogP contribution in [0.15, 0.2) is 0 Å². The minimum atomic E-state index is 0.329. The zero-order valence-electron chi connectivity index (χ0n) is 101. The molecule has 0 aliphatic carbocycles. The Kier molecular flexibility index (Phi) is 61.3. The van der Waals surface area contributed by atoms with Gasteiger partial charge in [-0.2, -0.15) is 0 Å². The first-order valence-corrected chi connectivity index (χ1v) is 61.4. The SMILES string of the molecule is CC(C)(C)CCCc1c(N)c(=S)c1=S.CCN(C)c1c(CCCC(C)(C)C)c(=S)c1=S.CCN(C)c1c(N(C)CCC(C)(C)C)c(=S)c1=S.CCN(CC)c1c(CCCC(C)(C)C)c(=S)c1=S.CCN(CC)c1c(N(C)CCC(C)(C)C)c(=S)c1=S.CCNc1c(CCCC(C)(C)C)c(=S)c1=S.CCNc1c(N(C)CCC(C)(C)C)c(=S)c1=S.CN(CCC(C)(C)C)c1c(N)c(=S)c1=S.CNc1c(N(C)CCC(C)(C)C)c(=S)c1=S. The molecule has 0 saturated carbocycles. The fraction of sp³-hybridized carbons (Fsp3) is 0.695. The summed E-state index contributed by atoms with van der Waals surface area (Å²) in [6.07, 6.45) is 19.5. The van der Waals surface area contributed by atoms with Gasteiger partial charge >= 0.3 is 0 Å². The summed E-state index contributed by atoms with van der Waals surface area (Å²) in [5.41, 5.74) is 34.9. The molecule has 7 N–H and O–H groups in total. The summed E-state index contributed by atoms with van der Waals surface area (Å²) in [5, 5.41) is 9.73. The van der Waals surface area contributed by atoms with Gasteiger partial charge in [0.15, 0.2) is 0 Å². The first-order valence-electron chi connectivity index (χ1n) is 54.1. The maximum Gasteiger partial charge on any atom is 0.0835 e. The predicted octanol–water partition coefficient (Wildman–Crippen LogP) is 39.7. The standard InChI is InChI=1S/C15H26N2S2.C15H25NS2.C14H24N2S2.C14H23NS2.C13H22N2S2.C13H21NS2.C12H20N2S2.C11H18N2S2.C11H17NS2/c1-7-17(8-2)12-11(13(18)14(12)19)16(6)10-9-15(3,4)5;1-6-16(7-2)12-11(13(17)14(12)18)9-8-10-15(3,4)5;1-7-15(5)10-11(13(18)12(10)17)16(6)9-8-14(2,3)4;1-6-15(5)11-10(12(16)13(11)17)8-7-9-14(2,3)4;1-6-14-9-10(12(17)11(9)16)15(5)8-7-13(2,3)4;1-5-14-10-9(11(15)12(10)16)7-6-8-13(2,3)4;1-12(2,3)6-7-14(5)9-8(13-4)10(15)11(9)16;1-11(2,3)5-6-13(4)8-7(12)9(14)10(8)15;1-11(2,3)6-4-5-7-8(12)10(14)9(7)13/h7-10H2,1-6H3;6-10H2,1-5H3;7-9H2,1-6H3;6-9H2,1-5H3;14H,6-8H2,1-5H3;14H,5-8H2,1-4H3;13H,6-7H2,1-5H3;5-6,12H2,1-4H3;4-6,12H2,1-3H3. The number of rotatable bonds is 42. The second-order valence-electron chi connectivity index (χ2n) is 50.9. The number of anilines is 14. The molecule has 0 amide bonds. The molecule has 0 fully saturated rings. The van der Waals surface area contributed by atoms with Crippen LogP contribution in [-0.4, -0.2) is 141 Å². The molecule has 0 heterocycles. The third kappa shape index (κ3) is 45.9. The van der Waals surface area contributed by atoms with Gasteiger partial charge in [0.1, 0.15) is 0 Å². The smallest absolute Gasteiger partial charge is 0.0835 e. The van der Waals surface area contributed by atoms with Gasteiger partial charge in [0.25, 0.3) is 0 Å². The van der Waals surface area contributed by atoms with E-state index >= 15 is 0 Å². The summed E-state index contributed by atoms with van der Waals surface area (Å²) in [6, 6.07) is 0. The van der Waals surface area contributed by atoms with Gasteiger partial charge in [-0.05, 0) is 236 Å². The van der Waals surface area contributed by atoms with Gasteiger partial charge in [0.2, 0.25) is 0 Å². The van der Waals surface area contributed by atoms with Crippen LogP contribution in [0.3, 0.4) is 0 Å². The summed E-state index contributed by atoms with van der Waals surface area (Å²) in [7, 11) is 16.5. The predicted molar refractivity (Wildman–Crippen MR) is 722 cm³/mol. The normalized spacial score (nSPS) is 12.0. The molecule has 9 aromatic carbocycles. The lowest BCUT2D eigenvalue weighted by molar-refractivity contribution is 0.365. The highest BCUT2D eigenvalue weighted by Gasteiger charge is 2.30. The maximum absolute atomic E-state index is 5.81. The minimum Gasteiger partial charge on any atom is -0.397 e. The number of nitrogens with two attached hydrogens (primary N) is 2. The zero-order valence-corrected chi connectivity index (χ0v) is 115. The van der Waals surface area contributed by atoms with Gasteiger partial charge in [0.05, 0.1) is 161 Å². The van der Waals surface area contributed by atoms with Gasteiger partial charge < -0.3 is 71.5 Å². The summed E-state index contributed by atoms with van der Waals surface area (Å²) in [5.74, 6) is 0. The minimum absolute atomic E-state index is 0.329. The monoisotopic (exact) mass is 2390 g/mol. The van der Waals surface area contributed by atoms with Crippen molar-refractivity contribution in [3.8, 4) is 0 Å². The molecule has 9 rings (SSSR count). The van der Waals surface area contributed by atoms with Gasteiger partial charge in [-0.15, -0.1) is 0 Å². The van der Waals surface area contributed by atoms with Crippen LogP contribution in [0.4, 0.5) is 79.6 Å². The lowest BCUT2D eigenvalue weighted by atomic mass is 9.88. The van der Waals surface area contributed by atoms with Crippen LogP contribution in [0.2, 0.25) is 0 Å². The van der Waals surface area contributed by atoms with Crippen LogP contribution >= 0.6 is 220 Å². The Balaban J connectivity index is 0.000000845. The Morgan fingerprint density at radius 3 is 0.720 bits per heavy atom. The summed E-state index contributed by atoms with van der Waals surface area (Å²) >= 11 is 95.0. The molecule has 0 atom stereocenters. The second kappa shape index (κ2) is 63.6. The first-order chi connectivity index (χ1) is 68.5. The Hall–Kier alpha value is -3.52. The van der Waals surface area contributed by atoms with Gasteiger partial charge in [0, 0.05) is 141 Å². The quantitative estimate of drug-likeness (QED) is 0.0233. The van der Waals surface area contributed by atoms with E-state index in [1.165, 1.54) is 84.4 Å². The van der Waals surface area contributed by atoms with E-state index in [-0.39, 0.29) is 0 Å². The van der Waals surface area contributed by atoms with Crippen molar-refractivity contribution >= 4 is 300 Å². The molecule has 150 heavy (non-hydrogen) atoms. The Bertz CT molecular complexity index is 6460. The van der Waals surface area contributed by atoms with E-state index in [0.29, 0.717) is 63.4 Å². The molecule has 0 saturated heterocycles. The lowest BCUT2D eigenvalue weighted by Crippen LogP contribution is -2.30. The Morgan fingerprint density at radius 2 is 0.413 bits per heavy atom. The highest BCUT2D eigenvalue weighted by Crippen LogP contribution is 2.45. The second-order valence-corrected chi connectivity index (χ2v) is 58.3. The molecule has 0 aliphatic heterocycles. The Labute approximate surface area is 1010 Å². The fourth-order valence-corrected chi connectivity index (χ4v) is 22.2. The fourth-order valence-electron chi connectivity index (χ4n) is 16.4. The molecule has 9 aromatic rings. The maximum atomic E-state index is 5.81. The molecule has 0 aliphatic rings. The lowest BCUT2D eigenvalue weighted by Gasteiger charge is -2.33. The molecular formula is C118H196N14S18. The van der Waals surface area contributed by atoms with Crippen molar-refractivity contribution in [1.29, 1.82) is 0 Å². The number of hydrogen-bond donors (Lipinski definition) is 5. The molecule has 0 aromatic heterocycles. The average molecular weight is 2390 g/mol. The topological polar surface area (TPSA) is 117 Å². The number of nitrogens with one attached hydrogen (secondary N) is 3. The molecule has 0 radical (unpaired) electrons. The van der Waals surface area contributed by atoms with E-state index in [4.69, 9.17) is 231 Å². The molecule has 846 valence electrons.